The number of carbonyl (C=O) groups is 3. The molecular formula is C38H26F6N2O9. The average Bonchev–Trinajstić information content (AvgIpc) is 3.16. The summed E-state index contributed by atoms with van der Waals surface area (Å²) in [7, 11) is 2.32. The maximum absolute atomic E-state index is 13.2. The Morgan fingerprint density at radius 3 is 1.82 bits per heavy atom. The van der Waals surface area contributed by atoms with Crippen LogP contribution in [0.4, 0.5) is 26.3 Å². The minimum Gasteiger partial charge on any atom is -0.465 e. The third-order valence-corrected chi connectivity index (χ3v) is 7.90. The Morgan fingerprint density at radius 2 is 1.24 bits per heavy atom. The number of rotatable bonds is 6. The number of hydrogen-bond acceptors (Lipinski definition) is 10. The van der Waals surface area contributed by atoms with Crippen LogP contribution in [0.15, 0.2) is 98.9 Å². The summed E-state index contributed by atoms with van der Waals surface area (Å²) in [6, 6.07) is 16.8. The van der Waals surface area contributed by atoms with Crippen LogP contribution in [0.3, 0.4) is 0 Å². The van der Waals surface area contributed by atoms with Gasteiger partial charge in [-0.15, -0.1) is 0 Å². The fraction of sp³-hybridized carbons (Fsp3) is 0.158. The first-order chi connectivity index (χ1) is 26.0. The third-order valence-electron chi connectivity index (χ3n) is 7.90. The smallest absolute Gasteiger partial charge is 0.416 e. The number of aromatic amines is 1. The molecule has 0 atom stereocenters. The van der Waals surface area contributed by atoms with Gasteiger partial charge in [-0.3, -0.25) is 4.79 Å². The fourth-order valence-electron chi connectivity index (χ4n) is 5.38. The fourth-order valence-corrected chi connectivity index (χ4v) is 5.38. The minimum atomic E-state index is -4.63. The summed E-state index contributed by atoms with van der Waals surface area (Å²) in [6.45, 7) is 1.49. The van der Waals surface area contributed by atoms with Gasteiger partial charge in [-0.25, -0.2) is 24.2 Å². The van der Waals surface area contributed by atoms with Crippen molar-refractivity contribution in [3.63, 3.8) is 0 Å². The molecule has 55 heavy (non-hydrogen) atoms. The van der Waals surface area contributed by atoms with E-state index in [2.05, 4.69) is 14.7 Å². The molecule has 4 aromatic carbocycles. The number of pyridine rings is 1. The van der Waals surface area contributed by atoms with E-state index in [0.29, 0.717) is 0 Å². The summed E-state index contributed by atoms with van der Waals surface area (Å²) in [5, 5.41) is 0.0234. The van der Waals surface area contributed by atoms with Gasteiger partial charge in [0.1, 0.15) is 5.56 Å². The number of hydrogen-bond donors (Lipinski definition) is 1. The van der Waals surface area contributed by atoms with Crippen molar-refractivity contribution in [2.45, 2.75) is 19.3 Å². The number of benzene rings is 4. The van der Waals surface area contributed by atoms with Gasteiger partial charge in [0.2, 0.25) is 11.3 Å². The maximum Gasteiger partial charge on any atom is 0.416 e. The van der Waals surface area contributed by atoms with Crippen LogP contribution in [0, 0.1) is 0 Å². The van der Waals surface area contributed by atoms with Crippen LogP contribution in [0.5, 0.6) is 0 Å². The number of esters is 3. The van der Waals surface area contributed by atoms with E-state index >= 15 is 0 Å². The molecule has 2 aromatic heterocycles. The zero-order chi connectivity index (χ0) is 40.2. The molecule has 11 nitrogen and oxygen atoms in total. The zero-order valence-electron chi connectivity index (χ0n) is 28.7. The number of aromatic nitrogens is 2. The van der Waals surface area contributed by atoms with Crippen molar-refractivity contribution in [2.24, 2.45) is 0 Å². The SMILES string of the molecule is CCOC(=O)c1c(-c2cccc(C(F)(F)F)c2)[nH]c2c(C(=O)OC)cccc2c1=O.COC(=O)c1cccc2c(=O)oc(-c3cccc(C(F)(F)F)c3)nc12. The second-order valence-corrected chi connectivity index (χ2v) is 11.3. The van der Waals surface area contributed by atoms with Crippen molar-refractivity contribution in [3.05, 3.63) is 133 Å². The van der Waals surface area contributed by atoms with E-state index in [0.717, 1.165) is 37.4 Å². The highest BCUT2D eigenvalue weighted by atomic mass is 19.4. The summed E-state index contributed by atoms with van der Waals surface area (Å²) < 4.78 is 97.4. The molecule has 0 aliphatic rings. The molecule has 17 heteroatoms. The number of nitrogens with one attached hydrogen (secondary N) is 1. The molecule has 0 aliphatic carbocycles. The maximum atomic E-state index is 13.2. The molecule has 6 aromatic rings. The van der Waals surface area contributed by atoms with Crippen LogP contribution >= 0.6 is 0 Å². The number of fused-ring (bicyclic) bond motifs is 2. The quantitative estimate of drug-likeness (QED) is 0.101. The van der Waals surface area contributed by atoms with Gasteiger partial charge in [0, 0.05) is 10.9 Å². The summed E-state index contributed by atoms with van der Waals surface area (Å²) in [5.41, 5.74) is -4.15. The molecule has 0 spiro atoms. The van der Waals surface area contributed by atoms with Gasteiger partial charge in [0.05, 0.1) is 65.2 Å². The lowest BCUT2D eigenvalue weighted by Gasteiger charge is -2.14. The van der Waals surface area contributed by atoms with Gasteiger partial charge in [0.15, 0.2) is 0 Å². The predicted octanol–water partition coefficient (Wildman–Crippen LogP) is 7.84. The molecule has 0 saturated heterocycles. The Balaban J connectivity index is 0.000000214. The molecule has 2 heterocycles. The molecule has 0 radical (unpaired) electrons. The molecule has 0 amide bonds. The number of methoxy groups -OCH3 is 2. The lowest BCUT2D eigenvalue weighted by Crippen LogP contribution is -2.21. The summed E-state index contributed by atoms with van der Waals surface area (Å²) in [5.74, 6) is -2.79. The molecule has 0 unspecified atom stereocenters. The molecule has 0 bridgehead atoms. The predicted molar refractivity (Wildman–Crippen MR) is 184 cm³/mol. The van der Waals surface area contributed by atoms with Crippen LogP contribution in [0.2, 0.25) is 0 Å². The largest absolute Gasteiger partial charge is 0.465 e. The van der Waals surface area contributed by atoms with E-state index in [1.807, 2.05) is 0 Å². The monoisotopic (exact) mass is 768 g/mol. The van der Waals surface area contributed by atoms with E-state index in [-0.39, 0.29) is 62.3 Å². The highest BCUT2D eigenvalue weighted by Gasteiger charge is 2.32. The summed E-state index contributed by atoms with van der Waals surface area (Å²) in [4.78, 5) is 68.5. The van der Waals surface area contributed by atoms with Gasteiger partial charge in [-0.05, 0) is 67.1 Å². The first-order valence-corrected chi connectivity index (χ1v) is 15.8. The summed E-state index contributed by atoms with van der Waals surface area (Å²) in [6.07, 6.45) is -9.18. The first-order valence-electron chi connectivity index (χ1n) is 15.8. The molecule has 0 fully saturated rings. The van der Waals surface area contributed by atoms with Crippen molar-refractivity contribution in [1.82, 2.24) is 9.97 Å². The lowest BCUT2D eigenvalue weighted by atomic mass is 9.99. The average molecular weight is 769 g/mol. The number of H-pyrrole nitrogens is 1. The second-order valence-electron chi connectivity index (χ2n) is 11.3. The standard InChI is InChI=1S/C21H16F3NO5.C17H10F3NO4/c1-3-30-20(28)15-16(11-6-4-7-12(10-11)21(22,23)24)25-17-13(18(15)26)8-5-9-14(17)19(27)29-2;1-24-15(22)11-6-3-7-12-13(11)21-14(25-16(12)23)9-4-2-5-10(8-9)17(18,19)20/h4-10H,3H2,1-2H3,(H,25,26);2-8H,1H3. The second kappa shape index (κ2) is 15.7. The van der Waals surface area contributed by atoms with Gasteiger partial charge in [-0.1, -0.05) is 30.3 Å². The molecule has 0 saturated carbocycles. The Labute approximate surface area is 305 Å². The lowest BCUT2D eigenvalue weighted by molar-refractivity contribution is -0.138. The Hall–Kier alpha value is -6.78. The van der Waals surface area contributed by atoms with E-state index in [1.165, 1.54) is 68.6 Å². The number of ether oxygens (including phenoxy) is 3. The minimum absolute atomic E-state index is 0.00184. The molecule has 284 valence electrons. The van der Waals surface area contributed by atoms with Crippen LogP contribution in [-0.2, 0) is 26.6 Å². The van der Waals surface area contributed by atoms with E-state index in [4.69, 9.17) is 13.9 Å². The van der Waals surface area contributed by atoms with Crippen LogP contribution in [0.25, 0.3) is 44.5 Å². The van der Waals surface area contributed by atoms with Gasteiger partial charge >= 0.3 is 35.9 Å². The van der Waals surface area contributed by atoms with E-state index in [1.54, 1.807) is 0 Å². The topological polar surface area (TPSA) is 155 Å². The molecule has 6 rings (SSSR count). The number of halogens is 6. The van der Waals surface area contributed by atoms with Crippen molar-refractivity contribution in [1.29, 1.82) is 0 Å². The highest BCUT2D eigenvalue weighted by Crippen LogP contribution is 2.34. The van der Waals surface area contributed by atoms with Crippen molar-refractivity contribution in [2.75, 3.05) is 20.8 Å². The van der Waals surface area contributed by atoms with Crippen molar-refractivity contribution < 1.29 is 59.4 Å². The first kappa shape index (κ1) is 39.4. The van der Waals surface area contributed by atoms with Crippen LogP contribution in [-0.4, -0.2) is 48.7 Å². The Kier molecular flexibility index (Phi) is 11.2. The number of nitrogens with zero attached hydrogens (tertiary/aromatic N) is 1. The van der Waals surface area contributed by atoms with Crippen LogP contribution < -0.4 is 11.1 Å². The molecular weight excluding hydrogens is 742 g/mol. The Bertz CT molecular complexity index is 2580. The van der Waals surface area contributed by atoms with E-state index < -0.39 is 58.0 Å². The number of alkyl halides is 6. The zero-order valence-corrected chi connectivity index (χ0v) is 28.7. The number of para-hydroxylation sites is 2. The van der Waals surface area contributed by atoms with E-state index in [9.17, 15) is 50.3 Å². The third kappa shape index (κ3) is 8.24. The number of carbonyl (C=O) groups excluding carboxylic acids is 3. The van der Waals surface area contributed by atoms with Gasteiger partial charge in [0.25, 0.3) is 0 Å². The van der Waals surface area contributed by atoms with Crippen molar-refractivity contribution in [3.8, 4) is 22.7 Å². The van der Waals surface area contributed by atoms with Gasteiger partial charge in [-0.2, -0.15) is 26.3 Å². The van der Waals surface area contributed by atoms with Gasteiger partial charge < -0.3 is 23.6 Å². The highest BCUT2D eigenvalue weighted by molar-refractivity contribution is 6.06. The molecule has 1 N–H and O–H groups in total. The van der Waals surface area contributed by atoms with Crippen molar-refractivity contribution >= 4 is 39.7 Å². The molecule has 0 aliphatic heterocycles. The normalized spacial score (nSPS) is 11.4. The Morgan fingerprint density at radius 1 is 0.709 bits per heavy atom. The van der Waals surface area contributed by atoms with Crippen LogP contribution in [0.1, 0.15) is 49.1 Å². The summed E-state index contributed by atoms with van der Waals surface area (Å²) >= 11 is 0.